The molecule has 2 aliphatic rings. The van der Waals surface area contributed by atoms with E-state index in [9.17, 15) is 14.0 Å². The highest BCUT2D eigenvalue weighted by molar-refractivity contribution is 5.83. The number of rotatable bonds is 8. The third kappa shape index (κ3) is 7.22. The predicted octanol–water partition coefficient (Wildman–Crippen LogP) is 4.43. The highest BCUT2D eigenvalue weighted by Crippen LogP contribution is 2.30. The van der Waals surface area contributed by atoms with Gasteiger partial charge in [-0.1, -0.05) is 36.4 Å². The second-order valence-corrected chi connectivity index (χ2v) is 10.3. The molecule has 2 N–H and O–H groups in total. The molecule has 2 aromatic carbocycles. The van der Waals surface area contributed by atoms with Gasteiger partial charge in [0.15, 0.2) is 0 Å². The van der Waals surface area contributed by atoms with Crippen LogP contribution in [0.4, 0.5) is 9.18 Å². The summed E-state index contributed by atoms with van der Waals surface area (Å²) in [6, 6.07) is 15.1. The molecule has 2 amide bonds. The number of likely N-dealkylation sites (tertiary alicyclic amines) is 2. The lowest BCUT2D eigenvalue weighted by Gasteiger charge is -2.31. The number of hydrogen-bond acceptors (Lipinski definition) is 5. The van der Waals surface area contributed by atoms with Gasteiger partial charge in [-0.25, -0.2) is 9.18 Å². The molecule has 2 atom stereocenters. The summed E-state index contributed by atoms with van der Waals surface area (Å²) in [6.07, 6.45) is 1.07. The smallest absolute Gasteiger partial charge is 0.410 e. The molecule has 2 aromatic rings. The van der Waals surface area contributed by atoms with Gasteiger partial charge in [0, 0.05) is 19.6 Å². The van der Waals surface area contributed by atoms with E-state index in [1.807, 2.05) is 62.4 Å². The SMILES string of the molecule is CC(C)OC(=O)N1CCC(COc2ccc(-c3ccccc3)c(C[C@H](N)C(=O)N3CC[C@H](F)C3)c2)CC1. The zero-order valence-electron chi connectivity index (χ0n) is 21.8. The van der Waals surface area contributed by atoms with Crippen LogP contribution in [0.25, 0.3) is 11.1 Å². The van der Waals surface area contributed by atoms with E-state index in [4.69, 9.17) is 15.2 Å². The number of nitrogens with two attached hydrogens (primary N) is 1. The van der Waals surface area contributed by atoms with Crippen LogP contribution >= 0.6 is 0 Å². The predicted molar refractivity (Wildman–Crippen MR) is 141 cm³/mol. The Kier molecular flexibility index (Phi) is 9.03. The molecule has 0 radical (unpaired) electrons. The normalized spacial score (nSPS) is 19.2. The third-order valence-electron chi connectivity index (χ3n) is 7.06. The Hall–Kier alpha value is -3.13. The van der Waals surface area contributed by atoms with Crippen molar-refractivity contribution in [1.29, 1.82) is 0 Å². The Balaban J connectivity index is 1.41. The van der Waals surface area contributed by atoms with Gasteiger partial charge in [-0.05, 0) is 74.3 Å². The summed E-state index contributed by atoms with van der Waals surface area (Å²) in [4.78, 5) is 28.3. The summed E-state index contributed by atoms with van der Waals surface area (Å²) in [5.74, 6) is 0.849. The van der Waals surface area contributed by atoms with Crippen molar-refractivity contribution < 1.29 is 23.5 Å². The first-order chi connectivity index (χ1) is 17.8. The lowest BCUT2D eigenvalue weighted by Crippen LogP contribution is -2.44. The average Bonchev–Trinajstić information content (AvgIpc) is 3.33. The van der Waals surface area contributed by atoms with Gasteiger partial charge < -0.3 is 25.0 Å². The minimum atomic E-state index is -0.972. The van der Waals surface area contributed by atoms with Crippen LogP contribution in [-0.2, 0) is 16.0 Å². The molecule has 0 saturated carbocycles. The van der Waals surface area contributed by atoms with Crippen LogP contribution in [0.3, 0.4) is 0 Å². The molecule has 0 spiro atoms. The molecule has 7 nitrogen and oxygen atoms in total. The first-order valence-electron chi connectivity index (χ1n) is 13.2. The molecule has 2 heterocycles. The number of alkyl halides is 1. The molecular weight excluding hydrogens is 473 g/mol. The first-order valence-corrected chi connectivity index (χ1v) is 13.2. The second kappa shape index (κ2) is 12.4. The summed E-state index contributed by atoms with van der Waals surface area (Å²) in [7, 11) is 0. The van der Waals surface area contributed by atoms with Crippen molar-refractivity contribution in [2.24, 2.45) is 11.7 Å². The highest BCUT2D eigenvalue weighted by Gasteiger charge is 2.30. The molecule has 0 unspecified atom stereocenters. The second-order valence-electron chi connectivity index (χ2n) is 10.3. The van der Waals surface area contributed by atoms with Crippen molar-refractivity contribution in [3.05, 3.63) is 54.1 Å². The Morgan fingerprint density at radius 3 is 2.38 bits per heavy atom. The lowest BCUT2D eigenvalue weighted by molar-refractivity contribution is -0.131. The molecule has 2 saturated heterocycles. The van der Waals surface area contributed by atoms with E-state index in [2.05, 4.69) is 0 Å². The van der Waals surface area contributed by atoms with E-state index >= 15 is 0 Å². The van der Waals surface area contributed by atoms with Crippen LogP contribution in [0.1, 0.15) is 38.7 Å². The minimum Gasteiger partial charge on any atom is -0.493 e. The van der Waals surface area contributed by atoms with E-state index in [1.54, 1.807) is 4.90 Å². The fraction of sp³-hybridized carbons (Fsp3) is 0.517. The van der Waals surface area contributed by atoms with Gasteiger partial charge in [0.1, 0.15) is 11.9 Å². The van der Waals surface area contributed by atoms with E-state index in [-0.39, 0.29) is 24.6 Å². The maximum atomic E-state index is 13.6. The number of piperidine rings is 1. The Morgan fingerprint density at radius 2 is 1.73 bits per heavy atom. The van der Waals surface area contributed by atoms with E-state index in [0.29, 0.717) is 45.0 Å². The van der Waals surface area contributed by atoms with Crippen LogP contribution in [0.5, 0.6) is 5.75 Å². The van der Waals surface area contributed by atoms with Gasteiger partial charge in [-0.15, -0.1) is 0 Å². The van der Waals surface area contributed by atoms with Crippen molar-refractivity contribution in [2.75, 3.05) is 32.8 Å². The van der Waals surface area contributed by atoms with Crippen molar-refractivity contribution in [3.8, 4) is 16.9 Å². The topological polar surface area (TPSA) is 85.1 Å². The maximum absolute atomic E-state index is 13.6. The molecule has 8 heteroatoms. The fourth-order valence-electron chi connectivity index (χ4n) is 4.98. The van der Waals surface area contributed by atoms with Gasteiger partial charge >= 0.3 is 6.09 Å². The number of amides is 2. The van der Waals surface area contributed by atoms with Crippen molar-refractivity contribution in [2.45, 2.75) is 57.8 Å². The Bertz CT molecular complexity index is 1060. The van der Waals surface area contributed by atoms with Crippen LogP contribution in [0.15, 0.2) is 48.5 Å². The molecule has 0 bridgehead atoms. The number of benzene rings is 2. The van der Waals surface area contributed by atoms with Crippen LogP contribution in [0, 0.1) is 5.92 Å². The highest BCUT2D eigenvalue weighted by atomic mass is 19.1. The van der Waals surface area contributed by atoms with Gasteiger partial charge in [0.05, 0.1) is 25.3 Å². The van der Waals surface area contributed by atoms with Crippen molar-refractivity contribution in [3.63, 3.8) is 0 Å². The largest absolute Gasteiger partial charge is 0.493 e. The van der Waals surface area contributed by atoms with Gasteiger partial charge in [0.25, 0.3) is 0 Å². The number of halogens is 1. The Labute approximate surface area is 218 Å². The standard InChI is InChI=1S/C29H38FN3O4/c1-20(2)37-29(35)32-13-10-21(11-14-32)19-36-25-8-9-26(22-6-4-3-5-7-22)23(16-25)17-27(31)28(34)33-15-12-24(30)18-33/h3-9,16,20-21,24,27H,10-15,17-19,31H2,1-2H3/t24-,27-/m0/s1. The molecule has 4 rings (SSSR count). The summed E-state index contributed by atoms with van der Waals surface area (Å²) < 4.78 is 25.1. The molecular formula is C29H38FN3O4. The quantitative estimate of drug-likeness (QED) is 0.567. The van der Waals surface area contributed by atoms with Crippen LogP contribution in [-0.4, -0.2) is 72.9 Å². The Morgan fingerprint density at radius 1 is 1.03 bits per heavy atom. The van der Waals surface area contributed by atoms with Crippen molar-refractivity contribution >= 4 is 12.0 Å². The van der Waals surface area contributed by atoms with Gasteiger partial charge in [-0.3, -0.25) is 4.79 Å². The van der Waals surface area contributed by atoms with Gasteiger partial charge in [0.2, 0.25) is 5.91 Å². The maximum Gasteiger partial charge on any atom is 0.410 e. The number of nitrogens with zero attached hydrogens (tertiary/aromatic N) is 2. The molecule has 0 aliphatic carbocycles. The fourth-order valence-corrected chi connectivity index (χ4v) is 4.98. The third-order valence-corrected chi connectivity index (χ3v) is 7.06. The molecule has 2 fully saturated rings. The van der Waals surface area contributed by atoms with Gasteiger partial charge in [-0.2, -0.15) is 0 Å². The number of carbonyl (C=O) groups is 2. The van der Waals surface area contributed by atoms with Crippen LogP contribution in [0.2, 0.25) is 0 Å². The number of hydrogen-bond donors (Lipinski definition) is 1. The monoisotopic (exact) mass is 511 g/mol. The average molecular weight is 512 g/mol. The number of carbonyl (C=O) groups excluding carboxylic acids is 2. The lowest BCUT2D eigenvalue weighted by atomic mass is 9.94. The molecule has 200 valence electrons. The minimum absolute atomic E-state index is 0.120. The summed E-state index contributed by atoms with van der Waals surface area (Å²) in [5.41, 5.74) is 9.29. The van der Waals surface area contributed by atoms with E-state index < -0.39 is 12.2 Å². The number of ether oxygens (including phenoxy) is 2. The summed E-state index contributed by atoms with van der Waals surface area (Å²) in [5, 5.41) is 0. The van der Waals surface area contributed by atoms with Crippen LogP contribution < -0.4 is 10.5 Å². The van der Waals surface area contributed by atoms with E-state index in [1.165, 1.54) is 4.90 Å². The molecule has 37 heavy (non-hydrogen) atoms. The molecule has 0 aromatic heterocycles. The first kappa shape index (κ1) is 26.9. The zero-order valence-corrected chi connectivity index (χ0v) is 21.8. The van der Waals surface area contributed by atoms with E-state index in [0.717, 1.165) is 35.3 Å². The summed E-state index contributed by atoms with van der Waals surface area (Å²) in [6.45, 7) is 6.10. The zero-order chi connectivity index (χ0) is 26.4. The van der Waals surface area contributed by atoms with Crippen molar-refractivity contribution in [1.82, 2.24) is 9.80 Å². The summed E-state index contributed by atoms with van der Waals surface area (Å²) >= 11 is 0. The molecule has 2 aliphatic heterocycles.